The molecule has 0 aliphatic carbocycles. The van der Waals surface area contributed by atoms with Crippen molar-refractivity contribution in [1.82, 2.24) is 14.1 Å². The Hall–Kier alpha value is -3.16. The Labute approximate surface area is 189 Å². The average Bonchev–Trinajstić information content (AvgIpc) is 3.06. The van der Waals surface area contributed by atoms with Gasteiger partial charge in [0.25, 0.3) is 0 Å². The van der Waals surface area contributed by atoms with Gasteiger partial charge in [-0.3, -0.25) is 0 Å². The van der Waals surface area contributed by atoms with Crippen LogP contribution in [0.3, 0.4) is 0 Å². The SMILES string of the molecule is Cc1nn(-c2ccccc2)c(C)c1CN(C)S(=O)(=O)c1cccc2c(N(C)C)cccc12. The molecule has 166 valence electrons. The molecule has 7 heteroatoms. The zero-order chi connectivity index (χ0) is 23.0. The Balaban J connectivity index is 1.73. The first kappa shape index (κ1) is 22.0. The van der Waals surface area contributed by atoms with E-state index in [-0.39, 0.29) is 6.54 Å². The largest absolute Gasteiger partial charge is 0.377 e. The minimum Gasteiger partial charge on any atom is -0.377 e. The molecule has 0 saturated carbocycles. The molecule has 0 amide bonds. The maximum Gasteiger partial charge on any atom is 0.243 e. The molecule has 0 saturated heterocycles. The number of rotatable bonds is 6. The summed E-state index contributed by atoms with van der Waals surface area (Å²) < 4.78 is 30.5. The molecule has 0 bridgehead atoms. The number of hydrogen-bond donors (Lipinski definition) is 0. The first-order chi connectivity index (χ1) is 15.2. The Morgan fingerprint density at radius 3 is 2.19 bits per heavy atom. The highest BCUT2D eigenvalue weighted by Crippen LogP contribution is 2.32. The van der Waals surface area contributed by atoms with E-state index in [9.17, 15) is 8.42 Å². The highest BCUT2D eigenvalue weighted by Gasteiger charge is 2.26. The summed E-state index contributed by atoms with van der Waals surface area (Å²) in [5.74, 6) is 0. The predicted octanol–water partition coefficient (Wildman–Crippen LogP) is 4.53. The van der Waals surface area contributed by atoms with E-state index in [1.54, 1.807) is 19.2 Å². The van der Waals surface area contributed by atoms with Crippen LogP contribution in [0, 0.1) is 13.8 Å². The topological polar surface area (TPSA) is 58.4 Å². The first-order valence-electron chi connectivity index (χ1n) is 10.5. The minimum absolute atomic E-state index is 0.247. The van der Waals surface area contributed by atoms with E-state index < -0.39 is 10.0 Å². The van der Waals surface area contributed by atoms with Gasteiger partial charge in [-0.25, -0.2) is 13.1 Å². The van der Waals surface area contributed by atoms with Gasteiger partial charge in [-0.1, -0.05) is 42.5 Å². The van der Waals surface area contributed by atoms with Crippen molar-refractivity contribution in [3.8, 4) is 5.69 Å². The van der Waals surface area contributed by atoms with Gasteiger partial charge in [0.2, 0.25) is 10.0 Å². The van der Waals surface area contributed by atoms with Gasteiger partial charge in [0.05, 0.1) is 16.3 Å². The summed E-state index contributed by atoms with van der Waals surface area (Å²) in [5, 5.41) is 6.29. The predicted molar refractivity (Wildman–Crippen MR) is 130 cm³/mol. The fourth-order valence-corrected chi connectivity index (χ4v) is 5.42. The van der Waals surface area contributed by atoms with Crippen molar-refractivity contribution in [2.45, 2.75) is 25.3 Å². The normalized spacial score (nSPS) is 11.9. The second kappa shape index (κ2) is 8.41. The maximum absolute atomic E-state index is 13.6. The molecule has 3 aromatic carbocycles. The maximum atomic E-state index is 13.6. The van der Waals surface area contributed by atoms with Crippen LogP contribution in [0.4, 0.5) is 5.69 Å². The second-order valence-corrected chi connectivity index (χ2v) is 10.2. The van der Waals surface area contributed by atoms with Gasteiger partial charge in [-0.2, -0.15) is 9.40 Å². The van der Waals surface area contributed by atoms with Crippen LogP contribution in [0.2, 0.25) is 0 Å². The average molecular weight is 449 g/mol. The van der Waals surface area contributed by atoms with Crippen LogP contribution in [0.25, 0.3) is 16.5 Å². The zero-order valence-corrected chi connectivity index (χ0v) is 19.9. The zero-order valence-electron chi connectivity index (χ0n) is 19.1. The quantitative estimate of drug-likeness (QED) is 0.435. The van der Waals surface area contributed by atoms with E-state index in [0.29, 0.717) is 4.90 Å². The van der Waals surface area contributed by atoms with E-state index in [4.69, 9.17) is 0 Å². The van der Waals surface area contributed by atoms with Gasteiger partial charge >= 0.3 is 0 Å². The summed E-state index contributed by atoms with van der Waals surface area (Å²) in [7, 11) is 1.82. The molecule has 32 heavy (non-hydrogen) atoms. The number of para-hydroxylation sites is 1. The lowest BCUT2D eigenvalue weighted by Crippen LogP contribution is -2.27. The van der Waals surface area contributed by atoms with Gasteiger partial charge in [-0.05, 0) is 38.1 Å². The van der Waals surface area contributed by atoms with E-state index in [1.165, 1.54) is 4.31 Å². The summed E-state index contributed by atoms with van der Waals surface area (Å²) in [4.78, 5) is 2.31. The van der Waals surface area contributed by atoms with Gasteiger partial charge in [0.15, 0.2) is 0 Å². The molecular weight excluding hydrogens is 420 g/mol. The Bertz CT molecular complexity index is 1380. The first-order valence-corrected chi connectivity index (χ1v) is 11.9. The second-order valence-electron chi connectivity index (χ2n) is 8.18. The Kier molecular flexibility index (Phi) is 5.79. The number of anilines is 1. The highest BCUT2D eigenvalue weighted by molar-refractivity contribution is 7.89. The summed E-state index contributed by atoms with van der Waals surface area (Å²) in [6.07, 6.45) is 0. The standard InChI is InChI=1S/C25H28N4O2S/c1-18-23(19(2)29(26-18)20-11-7-6-8-12-20)17-28(5)32(30,31)25-16-10-13-21-22(25)14-9-15-24(21)27(3)4/h6-16H,17H2,1-5H3. The molecule has 0 aliphatic rings. The van der Waals surface area contributed by atoms with E-state index in [2.05, 4.69) is 5.10 Å². The van der Waals surface area contributed by atoms with Crippen LogP contribution in [-0.4, -0.2) is 43.6 Å². The monoisotopic (exact) mass is 448 g/mol. The molecule has 1 aromatic heterocycles. The number of aryl methyl sites for hydroxylation is 1. The van der Waals surface area contributed by atoms with E-state index >= 15 is 0 Å². The highest BCUT2D eigenvalue weighted by atomic mass is 32.2. The van der Waals surface area contributed by atoms with Gasteiger partial charge in [0, 0.05) is 55.4 Å². The lowest BCUT2D eigenvalue weighted by atomic mass is 10.1. The summed E-state index contributed by atoms with van der Waals surface area (Å²) in [6.45, 7) is 4.14. The van der Waals surface area contributed by atoms with Crippen molar-refractivity contribution in [2.75, 3.05) is 26.0 Å². The lowest BCUT2D eigenvalue weighted by Gasteiger charge is -2.21. The minimum atomic E-state index is -3.72. The number of benzene rings is 3. The van der Waals surface area contributed by atoms with Crippen LogP contribution >= 0.6 is 0 Å². The lowest BCUT2D eigenvalue weighted by molar-refractivity contribution is 0.466. The number of fused-ring (bicyclic) bond motifs is 1. The summed E-state index contributed by atoms with van der Waals surface area (Å²) in [6, 6.07) is 21.1. The molecule has 0 radical (unpaired) electrons. The van der Waals surface area contributed by atoms with E-state index in [0.717, 1.165) is 39.1 Å². The third-order valence-corrected chi connectivity index (χ3v) is 7.71. The molecule has 6 nitrogen and oxygen atoms in total. The van der Waals surface area contributed by atoms with Crippen LogP contribution < -0.4 is 4.90 Å². The van der Waals surface area contributed by atoms with Crippen molar-refractivity contribution < 1.29 is 8.42 Å². The summed E-state index contributed by atoms with van der Waals surface area (Å²) >= 11 is 0. The fraction of sp³-hybridized carbons (Fsp3) is 0.240. The van der Waals surface area contributed by atoms with Gasteiger partial charge < -0.3 is 4.90 Å². The van der Waals surface area contributed by atoms with Crippen LogP contribution in [0.1, 0.15) is 17.0 Å². The molecular formula is C25H28N4O2S. The van der Waals surface area contributed by atoms with Crippen molar-refractivity contribution in [1.29, 1.82) is 0 Å². The van der Waals surface area contributed by atoms with Crippen molar-refractivity contribution in [3.05, 3.63) is 83.7 Å². The molecule has 0 N–H and O–H groups in total. The number of sulfonamides is 1. The van der Waals surface area contributed by atoms with Crippen molar-refractivity contribution in [3.63, 3.8) is 0 Å². The summed E-state index contributed by atoms with van der Waals surface area (Å²) in [5.41, 5.74) is 4.60. The van der Waals surface area contributed by atoms with E-state index in [1.807, 2.05) is 92.1 Å². The molecule has 4 rings (SSSR count). The molecule has 0 unspecified atom stereocenters. The van der Waals surface area contributed by atoms with Crippen LogP contribution in [-0.2, 0) is 16.6 Å². The third-order valence-electron chi connectivity index (χ3n) is 5.85. The molecule has 0 atom stereocenters. The van der Waals surface area contributed by atoms with Gasteiger partial charge in [0.1, 0.15) is 0 Å². The fourth-order valence-electron chi connectivity index (χ4n) is 4.08. The van der Waals surface area contributed by atoms with Crippen LogP contribution in [0.15, 0.2) is 71.6 Å². The van der Waals surface area contributed by atoms with Gasteiger partial charge in [-0.15, -0.1) is 0 Å². The van der Waals surface area contributed by atoms with Crippen molar-refractivity contribution >= 4 is 26.5 Å². The Morgan fingerprint density at radius 1 is 0.844 bits per heavy atom. The number of hydrogen-bond acceptors (Lipinski definition) is 4. The van der Waals surface area contributed by atoms with Crippen LogP contribution in [0.5, 0.6) is 0 Å². The molecule has 4 aromatic rings. The van der Waals surface area contributed by atoms with Crippen molar-refractivity contribution in [2.24, 2.45) is 0 Å². The molecule has 1 heterocycles. The Morgan fingerprint density at radius 2 is 1.50 bits per heavy atom. The number of aromatic nitrogens is 2. The smallest absolute Gasteiger partial charge is 0.243 e. The third kappa shape index (κ3) is 3.78. The molecule has 0 aliphatic heterocycles. The molecule has 0 spiro atoms. The molecule has 0 fully saturated rings. The number of nitrogens with zero attached hydrogens (tertiary/aromatic N) is 4.